The van der Waals surface area contributed by atoms with Crippen LogP contribution in [0, 0.1) is 11.8 Å². The van der Waals surface area contributed by atoms with Crippen molar-refractivity contribution in [2.45, 2.75) is 63.3 Å². The maximum Gasteiger partial charge on any atom is 0.254 e. The van der Waals surface area contributed by atoms with Gasteiger partial charge in [-0.1, -0.05) is 32.1 Å². The average Bonchev–Trinajstić information content (AvgIpc) is 3.04. The minimum Gasteiger partial charge on any atom is -0.348 e. The molecular formula is C18H31N3OS. The van der Waals surface area contributed by atoms with E-state index >= 15 is 0 Å². The fourth-order valence-electron chi connectivity index (χ4n) is 4.78. The fourth-order valence-corrected chi connectivity index (χ4v) is 5.06. The molecule has 2 atom stereocenters. The Morgan fingerprint density at radius 3 is 2.48 bits per heavy atom. The monoisotopic (exact) mass is 337 g/mol. The minimum absolute atomic E-state index is 0.202. The van der Waals surface area contributed by atoms with Gasteiger partial charge in [-0.05, 0) is 63.3 Å². The zero-order valence-corrected chi connectivity index (χ0v) is 15.5. The van der Waals surface area contributed by atoms with Crippen LogP contribution in [-0.2, 0) is 4.79 Å². The van der Waals surface area contributed by atoms with Crippen LogP contribution in [0.4, 0.5) is 0 Å². The van der Waals surface area contributed by atoms with Gasteiger partial charge in [0.05, 0.1) is 0 Å². The first-order valence-electron chi connectivity index (χ1n) is 9.29. The van der Waals surface area contributed by atoms with Gasteiger partial charge in [-0.25, -0.2) is 0 Å². The van der Waals surface area contributed by atoms with E-state index in [1.807, 2.05) is 7.05 Å². The number of hydrogen-bond acceptors (Lipinski definition) is 3. The molecule has 3 aliphatic rings. The summed E-state index contributed by atoms with van der Waals surface area (Å²) in [7, 11) is 4.00. The maximum absolute atomic E-state index is 12.9. The molecule has 3 rings (SSSR count). The standard InChI is InChI=1S/C18H31N3OS/c1-20-11-9-15(13-20)12-18(16(22)21(2)17(23)19-18)10-8-14-6-4-3-5-7-14/h14-15H,3-13H2,1-2H3,(H,19,23)/t15-,18+/m1/s1. The van der Waals surface area contributed by atoms with E-state index in [9.17, 15) is 4.79 Å². The second-order valence-corrected chi connectivity index (χ2v) is 8.43. The van der Waals surface area contributed by atoms with Gasteiger partial charge < -0.3 is 10.2 Å². The molecule has 0 aromatic carbocycles. The summed E-state index contributed by atoms with van der Waals surface area (Å²) in [4.78, 5) is 17.0. The van der Waals surface area contributed by atoms with Crippen LogP contribution in [0.15, 0.2) is 0 Å². The van der Waals surface area contributed by atoms with Crippen LogP contribution in [0.5, 0.6) is 0 Å². The van der Waals surface area contributed by atoms with Gasteiger partial charge in [0.25, 0.3) is 5.91 Å². The van der Waals surface area contributed by atoms with Crippen LogP contribution >= 0.6 is 12.2 Å². The molecule has 5 heteroatoms. The van der Waals surface area contributed by atoms with E-state index in [2.05, 4.69) is 17.3 Å². The topological polar surface area (TPSA) is 35.6 Å². The molecular weight excluding hydrogens is 306 g/mol. The molecule has 0 spiro atoms. The Bertz CT molecular complexity index is 463. The Labute approximate surface area is 146 Å². The van der Waals surface area contributed by atoms with E-state index in [1.165, 1.54) is 38.5 Å². The number of nitrogens with one attached hydrogen (secondary N) is 1. The van der Waals surface area contributed by atoms with Gasteiger partial charge >= 0.3 is 0 Å². The van der Waals surface area contributed by atoms with Crippen molar-refractivity contribution in [2.75, 3.05) is 27.2 Å². The number of likely N-dealkylation sites (N-methyl/N-ethyl adjacent to an activating group) is 1. The smallest absolute Gasteiger partial charge is 0.254 e. The normalized spacial score (nSPS) is 33.5. The highest BCUT2D eigenvalue weighted by atomic mass is 32.1. The summed E-state index contributed by atoms with van der Waals surface area (Å²) in [5.41, 5.74) is -0.431. The van der Waals surface area contributed by atoms with Gasteiger partial charge in [-0.3, -0.25) is 9.69 Å². The summed E-state index contributed by atoms with van der Waals surface area (Å²) in [5.74, 6) is 1.62. The molecule has 0 unspecified atom stereocenters. The number of nitrogens with zero attached hydrogens (tertiary/aromatic N) is 2. The van der Waals surface area contributed by atoms with E-state index in [1.54, 1.807) is 4.90 Å². The highest BCUT2D eigenvalue weighted by molar-refractivity contribution is 7.80. The van der Waals surface area contributed by atoms with Gasteiger partial charge in [0.1, 0.15) is 5.54 Å². The van der Waals surface area contributed by atoms with Crippen LogP contribution in [0.3, 0.4) is 0 Å². The summed E-state index contributed by atoms with van der Waals surface area (Å²) >= 11 is 5.39. The van der Waals surface area contributed by atoms with Crippen molar-refractivity contribution in [2.24, 2.45) is 11.8 Å². The van der Waals surface area contributed by atoms with Crippen molar-refractivity contribution in [1.29, 1.82) is 0 Å². The van der Waals surface area contributed by atoms with Crippen molar-refractivity contribution in [3.8, 4) is 0 Å². The predicted molar refractivity (Wildman–Crippen MR) is 97.3 cm³/mol. The molecule has 1 aliphatic carbocycles. The molecule has 3 fully saturated rings. The van der Waals surface area contributed by atoms with Crippen molar-refractivity contribution >= 4 is 23.2 Å². The maximum atomic E-state index is 12.9. The van der Waals surface area contributed by atoms with Gasteiger partial charge in [-0.2, -0.15) is 0 Å². The molecule has 130 valence electrons. The summed E-state index contributed by atoms with van der Waals surface area (Å²) in [5, 5.41) is 4.05. The first-order valence-corrected chi connectivity index (χ1v) is 9.70. The number of amides is 1. The molecule has 4 nitrogen and oxygen atoms in total. The van der Waals surface area contributed by atoms with Gasteiger partial charge in [-0.15, -0.1) is 0 Å². The molecule has 2 saturated heterocycles. The lowest BCUT2D eigenvalue weighted by molar-refractivity contribution is -0.131. The van der Waals surface area contributed by atoms with E-state index < -0.39 is 5.54 Å². The zero-order chi connectivity index (χ0) is 16.4. The van der Waals surface area contributed by atoms with Crippen LogP contribution in [0.1, 0.15) is 57.8 Å². The lowest BCUT2D eigenvalue weighted by Crippen LogP contribution is -2.49. The van der Waals surface area contributed by atoms with E-state index in [0.29, 0.717) is 11.0 Å². The highest BCUT2D eigenvalue weighted by Crippen LogP contribution is 2.36. The number of carbonyl (C=O) groups excluding carboxylic acids is 1. The summed E-state index contributed by atoms with van der Waals surface area (Å²) < 4.78 is 0. The number of thiocarbonyl (C=S) groups is 1. The molecule has 2 aliphatic heterocycles. The summed E-state index contributed by atoms with van der Waals surface area (Å²) in [6.45, 7) is 2.26. The van der Waals surface area contributed by atoms with Crippen LogP contribution in [0.2, 0.25) is 0 Å². The number of carbonyl (C=O) groups is 1. The fraction of sp³-hybridized carbons (Fsp3) is 0.889. The molecule has 23 heavy (non-hydrogen) atoms. The van der Waals surface area contributed by atoms with Gasteiger partial charge in [0, 0.05) is 13.6 Å². The predicted octanol–water partition coefficient (Wildman–Crippen LogP) is 2.77. The SMILES string of the molecule is CN1CC[C@H](C[C@]2(CCC3CCCCC3)NC(=S)N(C)C2=O)C1. The highest BCUT2D eigenvalue weighted by Gasteiger charge is 2.49. The quantitative estimate of drug-likeness (QED) is 0.783. The Balaban J connectivity index is 1.68. The second-order valence-electron chi connectivity index (χ2n) is 8.04. The van der Waals surface area contributed by atoms with Crippen LogP contribution in [0.25, 0.3) is 0 Å². The number of likely N-dealkylation sites (tertiary alicyclic amines) is 1. The minimum atomic E-state index is -0.431. The zero-order valence-electron chi connectivity index (χ0n) is 14.6. The Kier molecular flexibility index (Phi) is 5.26. The first kappa shape index (κ1) is 17.2. The van der Waals surface area contributed by atoms with E-state index in [-0.39, 0.29) is 5.91 Å². The summed E-state index contributed by atoms with van der Waals surface area (Å²) in [6.07, 6.45) is 11.1. The third-order valence-corrected chi connectivity index (χ3v) is 6.57. The largest absolute Gasteiger partial charge is 0.348 e. The van der Waals surface area contributed by atoms with Crippen LogP contribution in [-0.4, -0.2) is 53.5 Å². The van der Waals surface area contributed by atoms with E-state index in [4.69, 9.17) is 12.2 Å². The van der Waals surface area contributed by atoms with Crippen molar-refractivity contribution in [3.63, 3.8) is 0 Å². The lowest BCUT2D eigenvalue weighted by Gasteiger charge is -2.32. The molecule has 1 N–H and O–H groups in total. The third-order valence-electron chi connectivity index (χ3n) is 6.20. The number of hydrogen-bond donors (Lipinski definition) is 1. The van der Waals surface area contributed by atoms with Crippen molar-refractivity contribution in [1.82, 2.24) is 15.1 Å². The second kappa shape index (κ2) is 7.06. The first-order chi connectivity index (χ1) is 11.0. The Morgan fingerprint density at radius 2 is 1.91 bits per heavy atom. The molecule has 2 heterocycles. The molecule has 1 saturated carbocycles. The molecule has 0 bridgehead atoms. The van der Waals surface area contributed by atoms with E-state index in [0.717, 1.165) is 38.3 Å². The average molecular weight is 338 g/mol. The Hall–Kier alpha value is -0.680. The van der Waals surface area contributed by atoms with Gasteiger partial charge in [0.2, 0.25) is 0 Å². The van der Waals surface area contributed by atoms with Crippen LogP contribution < -0.4 is 5.32 Å². The molecule has 0 aromatic heterocycles. The third kappa shape index (κ3) is 3.71. The molecule has 1 amide bonds. The Morgan fingerprint density at radius 1 is 1.17 bits per heavy atom. The van der Waals surface area contributed by atoms with Gasteiger partial charge in [0.15, 0.2) is 5.11 Å². The molecule has 0 aromatic rings. The summed E-state index contributed by atoms with van der Waals surface area (Å²) in [6, 6.07) is 0. The van der Waals surface area contributed by atoms with Crippen molar-refractivity contribution in [3.05, 3.63) is 0 Å². The van der Waals surface area contributed by atoms with Crippen molar-refractivity contribution < 1.29 is 4.79 Å². The molecule has 0 radical (unpaired) electrons. The number of rotatable bonds is 5. The lowest BCUT2D eigenvalue weighted by atomic mass is 9.78.